The molecule has 0 bridgehead atoms. The van der Waals surface area contributed by atoms with E-state index in [1.165, 1.54) is 46.9 Å². The molecule has 2 heterocycles. The second-order valence-corrected chi connectivity index (χ2v) is 13.5. The van der Waals surface area contributed by atoms with Crippen LogP contribution in [0.15, 0.2) is 114 Å². The van der Waals surface area contributed by atoms with Gasteiger partial charge < -0.3 is 15.4 Å². The van der Waals surface area contributed by atoms with Gasteiger partial charge in [-0.1, -0.05) is 78.9 Å². The van der Waals surface area contributed by atoms with Crippen LogP contribution in [0.3, 0.4) is 0 Å². The van der Waals surface area contributed by atoms with E-state index in [4.69, 9.17) is 4.74 Å². The van der Waals surface area contributed by atoms with Crippen LogP contribution in [-0.2, 0) is 29.0 Å². The first kappa shape index (κ1) is 33.1. The van der Waals surface area contributed by atoms with Crippen molar-refractivity contribution < 1.29 is 23.5 Å². The molecular formula is C38H34FN3O4S2. The van der Waals surface area contributed by atoms with Crippen molar-refractivity contribution in [3.8, 4) is 0 Å². The number of fused-ring (bicyclic) bond motifs is 1. The van der Waals surface area contributed by atoms with Gasteiger partial charge in [-0.15, -0.1) is 23.1 Å². The Morgan fingerprint density at radius 1 is 0.917 bits per heavy atom. The first-order chi connectivity index (χ1) is 23.4. The number of ether oxygens (including phenoxy) is 1. The lowest BCUT2D eigenvalue weighted by atomic mass is 10.0. The van der Waals surface area contributed by atoms with Crippen LogP contribution in [0.2, 0.25) is 0 Å². The predicted molar refractivity (Wildman–Crippen MR) is 189 cm³/mol. The molecule has 1 unspecified atom stereocenters. The molecule has 2 amide bonds. The Bertz CT molecular complexity index is 1920. The van der Waals surface area contributed by atoms with Crippen LogP contribution >= 0.6 is 23.1 Å². The van der Waals surface area contributed by atoms with Gasteiger partial charge in [0, 0.05) is 35.1 Å². The molecule has 0 saturated carbocycles. The standard InChI is InChI=1S/C38H34FN3O4S2/c1-2-46-38(45)33-30-20-21-42(23-25-12-5-3-6-13-25)24-32(30)48-37(33)41-36(44)34(26-14-7-4-8-15-26)47-28-17-11-16-27(22-28)40-35(43)29-18-9-10-19-31(29)39/h3-19,22,34H,2,20-21,23-24H2,1H3,(H,40,43)(H,41,44). The zero-order valence-electron chi connectivity index (χ0n) is 26.3. The van der Waals surface area contributed by atoms with E-state index >= 15 is 0 Å². The Labute approximate surface area is 287 Å². The lowest BCUT2D eigenvalue weighted by Crippen LogP contribution is -2.30. The van der Waals surface area contributed by atoms with Gasteiger partial charge in [-0.3, -0.25) is 14.5 Å². The zero-order chi connectivity index (χ0) is 33.5. The van der Waals surface area contributed by atoms with Crippen molar-refractivity contribution in [1.29, 1.82) is 0 Å². The van der Waals surface area contributed by atoms with Crippen LogP contribution in [-0.4, -0.2) is 35.8 Å². The maximum absolute atomic E-state index is 14.2. The van der Waals surface area contributed by atoms with E-state index in [0.29, 0.717) is 29.2 Å². The molecule has 7 nitrogen and oxygen atoms in total. The lowest BCUT2D eigenvalue weighted by molar-refractivity contribution is -0.115. The highest BCUT2D eigenvalue weighted by molar-refractivity contribution is 8.00. The zero-order valence-corrected chi connectivity index (χ0v) is 27.9. The van der Waals surface area contributed by atoms with Crippen molar-refractivity contribution in [2.45, 2.75) is 36.6 Å². The number of carbonyl (C=O) groups is 3. The normalized spacial score (nSPS) is 13.3. The van der Waals surface area contributed by atoms with Crippen molar-refractivity contribution in [2.24, 2.45) is 0 Å². The van der Waals surface area contributed by atoms with Gasteiger partial charge in [-0.05, 0) is 60.4 Å². The topological polar surface area (TPSA) is 87.7 Å². The number of thioether (sulfide) groups is 1. The summed E-state index contributed by atoms with van der Waals surface area (Å²) in [6.07, 6.45) is 0.672. The smallest absolute Gasteiger partial charge is 0.341 e. The Morgan fingerprint density at radius 3 is 2.40 bits per heavy atom. The summed E-state index contributed by atoms with van der Waals surface area (Å²) in [5.74, 6) is -1.91. The van der Waals surface area contributed by atoms with Crippen LogP contribution in [0.25, 0.3) is 0 Å². The molecule has 2 N–H and O–H groups in total. The van der Waals surface area contributed by atoms with Gasteiger partial charge in [0.2, 0.25) is 5.91 Å². The summed E-state index contributed by atoms with van der Waals surface area (Å²) in [6.45, 7) is 4.24. The Balaban J connectivity index is 1.25. The number of carbonyl (C=O) groups excluding carboxylic acids is 3. The number of hydrogen-bond acceptors (Lipinski definition) is 7. The minimum Gasteiger partial charge on any atom is -0.462 e. The van der Waals surface area contributed by atoms with Gasteiger partial charge in [0.1, 0.15) is 16.1 Å². The van der Waals surface area contributed by atoms with E-state index in [2.05, 4.69) is 27.7 Å². The van der Waals surface area contributed by atoms with Crippen LogP contribution in [0.5, 0.6) is 0 Å². The summed E-state index contributed by atoms with van der Waals surface area (Å²) < 4.78 is 19.7. The molecule has 1 aromatic heterocycles. The van der Waals surface area contributed by atoms with E-state index in [0.717, 1.165) is 34.0 Å². The largest absolute Gasteiger partial charge is 0.462 e. The van der Waals surface area contributed by atoms with Crippen LogP contribution in [0.4, 0.5) is 15.1 Å². The van der Waals surface area contributed by atoms with Crippen LogP contribution in [0.1, 0.15) is 54.5 Å². The molecule has 6 rings (SSSR count). The number of thiophene rings is 1. The second-order valence-electron chi connectivity index (χ2n) is 11.2. The Hall–Kier alpha value is -4.77. The number of hydrogen-bond donors (Lipinski definition) is 2. The summed E-state index contributed by atoms with van der Waals surface area (Å²) in [6, 6.07) is 32.5. The molecule has 0 radical (unpaired) electrons. The highest BCUT2D eigenvalue weighted by Crippen LogP contribution is 2.41. The van der Waals surface area contributed by atoms with E-state index in [9.17, 15) is 18.8 Å². The molecule has 0 fully saturated rings. The quantitative estimate of drug-likeness (QED) is 0.108. The average Bonchev–Trinajstić information content (AvgIpc) is 3.45. The SMILES string of the molecule is CCOC(=O)c1c(NC(=O)C(Sc2cccc(NC(=O)c3ccccc3F)c2)c2ccccc2)sc2c1CCN(Cc1ccccc1)C2. The van der Waals surface area contributed by atoms with Crippen molar-refractivity contribution in [1.82, 2.24) is 4.90 Å². The van der Waals surface area contributed by atoms with Gasteiger partial charge in [0.05, 0.1) is 17.7 Å². The minimum absolute atomic E-state index is 0.0590. The van der Waals surface area contributed by atoms with Gasteiger partial charge >= 0.3 is 5.97 Å². The molecule has 5 aromatic rings. The van der Waals surface area contributed by atoms with Crippen molar-refractivity contribution in [3.05, 3.63) is 148 Å². The predicted octanol–water partition coefficient (Wildman–Crippen LogP) is 8.35. The lowest BCUT2D eigenvalue weighted by Gasteiger charge is -2.27. The van der Waals surface area contributed by atoms with Crippen molar-refractivity contribution in [2.75, 3.05) is 23.8 Å². The molecule has 244 valence electrons. The number of amides is 2. The minimum atomic E-state index is -0.688. The number of benzene rings is 4. The maximum atomic E-state index is 14.2. The van der Waals surface area contributed by atoms with Crippen LogP contribution < -0.4 is 10.6 Å². The van der Waals surface area contributed by atoms with E-state index in [1.54, 1.807) is 31.2 Å². The molecular weight excluding hydrogens is 646 g/mol. The maximum Gasteiger partial charge on any atom is 0.341 e. The first-order valence-corrected chi connectivity index (χ1v) is 17.4. The van der Waals surface area contributed by atoms with Crippen molar-refractivity contribution >= 4 is 51.6 Å². The van der Waals surface area contributed by atoms with Crippen LogP contribution in [0, 0.1) is 5.82 Å². The fourth-order valence-corrected chi connectivity index (χ4v) is 8.01. The number of nitrogens with zero attached hydrogens (tertiary/aromatic N) is 1. The summed E-state index contributed by atoms with van der Waals surface area (Å²) in [4.78, 5) is 44.3. The average molecular weight is 680 g/mol. The first-order valence-electron chi connectivity index (χ1n) is 15.7. The van der Waals surface area contributed by atoms with Gasteiger partial charge in [0.15, 0.2) is 0 Å². The molecule has 1 aliphatic rings. The third kappa shape index (κ3) is 7.84. The fourth-order valence-electron chi connectivity index (χ4n) is 5.65. The third-order valence-electron chi connectivity index (χ3n) is 7.91. The highest BCUT2D eigenvalue weighted by atomic mass is 32.2. The Kier molecular flexibility index (Phi) is 10.6. The molecule has 1 atom stereocenters. The number of nitrogens with one attached hydrogen (secondary N) is 2. The Morgan fingerprint density at radius 2 is 1.65 bits per heavy atom. The summed E-state index contributed by atoms with van der Waals surface area (Å²) in [5, 5.41) is 5.64. The summed E-state index contributed by atoms with van der Waals surface area (Å²) >= 11 is 2.74. The molecule has 0 aliphatic carbocycles. The van der Waals surface area contributed by atoms with E-state index < -0.39 is 22.9 Å². The number of anilines is 2. The molecule has 10 heteroatoms. The molecule has 0 saturated heterocycles. The monoisotopic (exact) mass is 679 g/mol. The fraction of sp³-hybridized carbons (Fsp3) is 0.184. The van der Waals surface area contributed by atoms with E-state index in [-0.39, 0.29) is 18.1 Å². The molecule has 0 spiro atoms. The molecule has 48 heavy (non-hydrogen) atoms. The van der Waals surface area contributed by atoms with E-state index in [1.807, 2.05) is 54.6 Å². The second kappa shape index (κ2) is 15.4. The summed E-state index contributed by atoms with van der Waals surface area (Å²) in [5.41, 5.74) is 3.76. The highest BCUT2D eigenvalue weighted by Gasteiger charge is 2.31. The number of rotatable bonds is 11. The third-order valence-corrected chi connectivity index (χ3v) is 10.3. The van der Waals surface area contributed by atoms with Gasteiger partial charge in [0.25, 0.3) is 5.91 Å². The van der Waals surface area contributed by atoms with Gasteiger partial charge in [-0.2, -0.15) is 0 Å². The van der Waals surface area contributed by atoms with Gasteiger partial charge in [-0.25, -0.2) is 9.18 Å². The number of esters is 1. The molecule has 1 aliphatic heterocycles. The molecule has 4 aromatic carbocycles. The van der Waals surface area contributed by atoms with Crippen molar-refractivity contribution in [3.63, 3.8) is 0 Å². The summed E-state index contributed by atoms with van der Waals surface area (Å²) in [7, 11) is 0. The number of halogens is 1.